The summed E-state index contributed by atoms with van der Waals surface area (Å²) in [6, 6.07) is 4.82. The number of nitrogens with one attached hydrogen (secondary N) is 1. The first-order valence-corrected chi connectivity index (χ1v) is 9.87. The monoisotopic (exact) mass is 377 g/mol. The van der Waals surface area contributed by atoms with E-state index in [-0.39, 0.29) is 11.4 Å². The minimum absolute atomic E-state index is 0.211. The van der Waals surface area contributed by atoms with Crippen LogP contribution in [-0.2, 0) is 0 Å². The average Bonchev–Trinajstić information content (AvgIpc) is 2.55. The fourth-order valence-corrected chi connectivity index (χ4v) is 4.40. The number of carbonyl (C=O) groups excluding carboxylic acids is 1. The van der Waals surface area contributed by atoms with Crippen LogP contribution >= 0.6 is 0 Å². The highest BCUT2D eigenvalue weighted by atomic mass is 19.1. The third kappa shape index (κ3) is 4.68. The topological polar surface area (TPSA) is 55.8 Å². The van der Waals surface area contributed by atoms with E-state index in [0.717, 1.165) is 38.0 Å². The molecule has 2 saturated heterocycles. The van der Waals surface area contributed by atoms with Crippen LogP contribution in [0, 0.1) is 12.7 Å². The summed E-state index contributed by atoms with van der Waals surface area (Å²) in [6.07, 6.45) is 1.70. The number of benzene rings is 1. The van der Waals surface area contributed by atoms with Crippen LogP contribution in [0.25, 0.3) is 0 Å². The van der Waals surface area contributed by atoms with Gasteiger partial charge in [-0.2, -0.15) is 0 Å². The van der Waals surface area contributed by atoms with E-state index in [9.17, 15) is 14.3 Å². The maximum Gasteiger partial charge on any atom is 0.252 e. The summed E-state index contributed by atoms with van der Waals surface area (Å²) in [5.74, 6) is -0.606. The molecule has 0 atom stereocenters. The van der Waals surface area contributed by atoms with Gasteiger partial charge in [0.15, 0.2) is 0 Å². The van der Waals surface area contributed by atoms with Crippen LogP contribution in [0.4, 0.5) is 4.39 Å². The number of aliphatic hydroxyl groups is 1. The first-order chi connectivity index (χ1) is 12.6. The Balaban J connectivity index is 1.75. The van der Waals surface area contributed by atoms with E-state index in [0.29, 0.717) is 24.7 Å². The van der Waals surface area contributed by atoms with Crippen molar-refractivity contribution >= 4 is 5.91 Å². The number of hydrogen-bond acceptors (Lipinski definition) is 4. The van der Waals surface area contributed by atoms with Gasteiger partial charge in [0.1, 0.15) is 5.82 Å². The summed E-state index contributed by atoms with van der Waals surface area (Å²) in [6.45, 7) is 11.8. The molecule has 1 aromatic carbocycles. The highest BCUT2D eigenvalue weighted by molar-refractivity contribution is 5.96. The maximum absolute atomic E-state index is 13.7. The minimum Gasteiger partial charge on any atom is -0.388 e. The van der Waals surface area contributed by atoms with Crippen molar-refractivity contribution in [2.75, 3.05) is 32.7 Å². The van der Waals surface area contributed by atoms with Gasteiger partial charge in [0, 0.05) is 44.3 Å². The summed E-state index contributed by atoms with van der Waals surface area (Å²) in [5.41, 5.74) is 0.188. The van der Waals surface area contributed by atoms with Crippen LogP contribution in [0.5, 0.6) is 0 Å². The molecule has 2 N–H and O–H groups in total. The Bertz CT molecular complexity index is 689. The SMILES string of the molecule is Cc1ccc(F)cc1C(=O)NC1(CN2CC(C)(O)C2)CCN(C(C)C)CC1. The van der Waals surface area contributed by atoms with E-state index in [2.05, 4.69) is 29.0 Å². The molecular weight excluding hydrogens is 345 g/mol. The summed E-state index contributed by atoms with van der Waals surface area (Å²) in [4.78, 5) is 17.6. The third-order valence-corrected chi connectivity index (χ3v) is 5.96. The highest BCUT2D eigenvalue weighted by Gasteiger charge is 2.44. The minimum atomic E-state index is -0.636. The largest absolute Gasteiger partial charge is 0.388 e. The van der Waals surface area contributed by atoms with Crippen molar-refractivity contribution in [2.45, 2.75) is 57.7 Å². The molecule has 2 aliphatic heterocycles. The van der Waals surface area contributed by atoms with Crippen LogP contribution in [0.2, 0.25) is 0 Å². The summed E-state index contributed by atoms with van der Waals surface area (Å²) in [5, 5.41) is 13.3. The van der Waals surface area contributed by atoms with Crippen LogP contribution < -0.4 is 5.32 Å². The molecule has 3 rings (SSSR count). The first-order valence-electron chi connectivity index (χ1n) is 9.87. The number of aryl methyl sites for hydroxylation is 1. The van der Waals surface area contributed by atoms with E-state index in [1.807, 2.05) is 13.8 Å². The number of rotatable bonds is 5. The fraction of sp³-hybridized carbons (Fsp3) is 0.667. The van der Waals surface area contributed by atoms with Gasteiger partial charge in [-0.25, -0.2) is 4.39 Å². The lowest BCUT2D eigenvalue weighted by Crippen LogP contribution is -2.68. The summed E-state index contributed by atoms with van der Waals surface area (Å²) < 4.78 is 13.7. The van der Waals surface area contributed by atoms with Gasteiger partial charge < -0.3 is 15.3 Å². The standard InChI is InChI=1S/C21H32FN3O2/c1-15(2)25-9-7-21(8-10-25,14-24-12-20(4,27)13-24)23-19(26)18-11-17(22)6-5-16(18)3/h5-6,11,15,27H,7-10,12-14H2,1-4H3,(H,23,26). The second-order valence-corrected chi connectivity index (χ2v) is 8.97. The molecule has 0 aliphatic carbocycles. The second-order valence-electron chi connectivity index (χ2n) is 8.97. The Kier molecular flexibility index (Phi) is 5.62. The number of piperidine rings is 1. The zero-order valence-electron chi connectivity index (χ0n) is 16.9. The van der Waals surface area contributed by atoms with E-state index in [1.54, 1.807) is 6.07 Å². The Morgan fingerprint density at radius 3 is 2.48 bits per heavy atom. The smallest absolute Gasteiger partial charge is 0.252 e. The van der Waals surface area contributed by atoms with Gasteiger partial charge in [0.25, 0.3) is 5.91 Å². The zero-order valence-corrected chi connectivity index (χ0v) is 16.9. The van der Waals surface area contributed by atoms with E-state index < -0.39 is 11.4 Å². The number of amides is 1. The Morgan fingerprint density at radius 1 is 1.30 bits per heavy atom. The van der Waals surface area contributed by atoms with Crippen molar-refractivity contribution in [3.63, 3.8) is 0 Å². The summed E-state index contributed by atoms with van der Waals surface area (Å²) >= 11 is 0. The van der Waals surface area contributed by atoms with Crippen LogP contribution in [0.3, 0.4) is 0 Å². The van der Waals surface area contributed by atoms with Gasteiger partial charge in [-0.15, -0.1) is 0 Å². The first kappa shape index (κ1) is 20.2. The molecule has 27 heavy (non-hydrogen) atoms. The molecule has 0 saturated carbocycles. The van der Waals surface area contributed by atoms with E-state index in [4.69, 9.17) is 0 Å². The van der Waals surface area contributed by atoms with Crippen LogP contribution in [-0.4, -0.2) is 70.7 Å². The molecule has 2 fully saturated rings. The van der Waals surface area contributed by atoms with Crippen molar-refractivity contribution in [3.8, 4) is 0 Å². The molecule has 0 bridgehead atoms. The highest BCUT2D eigenvalue weighted by Crippen LogP contribution is 2.29. The van der Waals surface area contributed by atoms with Gasteiger partial charge in [-0.1, -0.05) is 6.07 Å². The number of hydrogen-bond donors (Lipinski definition) is 2. The Morgan fingerprint density at radius 2 is 1.93 bits per heavy atom. The van der Waals surface area contributed by atoms with Crippen LogP contribution in [0.15, 0.2) is 18.2 Å². The van der Waals surface area contributed by atoms with E-state index >= 15 is 0 Å². The normalized spacial score (nSPS) is 22.5. The molecule has 0 unspecified atom stereocenters. The molecular formula is C21H32FN3O2. The lowest BCUT2D eigenvalue weighted by atomic mass is 9.83. The van der Waals surface area contributed by atoms with Gasteiger partial charge in [0.2, 0.25) is 0 Å². The van der Waals surface area contributed by atoms with Crippen molar-refractivity contribution in [2.24, 2.45) is 0 Å². The number of halogens is 1. The molecule has 0 aromatic heterocycles. The van der Waals surface area contributed by atoms with Gasteiger partial charge >= 0.3 is 0 Å². The number of nitrogens with zero attached hydrogens (tertiary/aromatic N) is 2. The van der Waals surface area contributed by atoms with Crippen molar-refractivity contribution < 1.29 is 14.3 Å². The average molecular weight is 378 g/mol. The fourth-order valence-electron chi connectivity index (χ4n) is 4.40. The third-order valence-electron chi connectivity index (χ3n) is 5.96. The van der Waals surface area contributed by atoms with Gasteiger partial charge in [-0.05, 0) is 58.2 Å². The molecule has 1 aromatic rings. The number of β-amino-alcohol motifs (C(OH)–C–C–N with tert-alkyl or cyclic N) is 1. The number of carbonyl (C=O) groups is 1. The molecule has 2 heterocycles. The molecule has 1 amide bonds. The van der Waals surface area contributed by atoms with Gasteiger partial charge in [0.05, 0.1) is 11.1 Å². The molecule has 2 aliphatic rings. The predicted octanol–water partition coefficient (Wildman–Crippen LogP) is 2.17. The van der Waals surface area contributed by atoms with E-state index in [1.165, 1.54) is 12.1 Å². The Labute approximate surface area is 161 Å². The maximum atomic E-state index is 13.7. The number of likely N-dealkylation sites (tertiary alicyclic amines) is 2. The quantitative estimate of drug-likeness (QED) is 0.826. The molecule has 6 heteroatoms. The molecule has 0 radical (unpaired) electrons. The van der Waals surface area contributed by atoms with Gasteiger partial charge in [-0.3, -0.25) is 9.69 Å². The van der Waals surface area contributed by atoms with Crippen molar-refractivity contribution in [1.29, 1.82) is 0 Å². The zero-order chi connectivity index (χ0) is 19.8. The molecule has 0 spiro atoms. The molecule has 5 nitrogen and oxygen atoms in total. The molecule has 150 valence electrons. The van der Waals surface area contributed by atoms with Crippen molar-refractivity contribution in [3.05, 3.63) is 35.1 Å². The second kappa shape index (κ2) is 7.49. The van der Waals surface area contributed by atoms with Crippen LogP contribution in [0.1, 0.15) is 49.5 Å². The van der Waals surface area contributed by atoms with Crippen molar-refractivity contribution in [1.82, 2.24) is 15.1 Å². The lowest BCUT2D eigenvalue weighted by Gasteiger charge is -2.51. The Hall–Kier alpha value is -1.50. The lowest BCUT2D eigenvalue weighted by molar-refractivity contribution is -0.0955. The predicted molar refractivity (Wildman–Crippen MR) is 104 cm³/mol. The summed E-state index contributed by atoms with van der Waals surface area (Å²) in [7, 11) is 0.